The minimum atomic E-state index is -0.157. The number of rotatable bonds is 4. The molecular weight excluding hydrogens is 390 g/mol. The number of hydrogen-bond donors (Lipinski definition) is 3. The average Bonchev–Trinajstić information content (AvgIpc) is 2.57. The lowest BCUT2D eigenvalue weighted by atomic mass is 10.2. The summed E-state index contributed by atoms with van der Waals surface area (Å²) in [7, 11) is 0. The van der Waals surface area contributed by atoms with Gasteiger partial charge in [0.1, 0.15) is 0 Å². The first-order valence-electron chi connectivity index (χ1n) is 7.08. The number of carbonyl (C=O) groups is 1. The third-order valence-corrected chi connectivity index (χ3v) is 4.82. The topological polar surface area (TPSA) is 96.7 Å². The number of amidine groups is 1. The molecule has 0 bridgehead atoms. The van der Waals surface area contributed by atoms with Crippen LogP contribution in [0.3, 0.4) is 0 Å². The van der Waals surface area contributed by atoms with Crippen LogP contribution in [0.5, 0.6) is 0 Å². The maximum atomic E-state index is 12.1. The Kier molecular flexibility index (Phi) is 6.65. The van der Waals surface area contributed by atoms with Crippen molar-refractivity contribution in [1.82, 2.24) is 0 Å². The van der Waals surface area contributed by atoms with Crippen LogP contribution in [0.15, 0.2) is 58.1 Å². The van der Waals surface area contributed by atoms with E-state index in [4.69, 9.17) is 11.7 Å². The molecule has 0 aromatic heterocycles. The molecule has 0 atom stereocenters. The maximum Gasteiger partial charge on any atom is 0.234 e. The zero-order valence-electron chi connectivity index (χ0n) is 13.1. The fourth-order valence-electron chi connectivity index (χ4n) is 1.95. The van der Waals surface area contributed by atoms with E-state index < -0.39 is 0 Å². The summed E-state index contributed by atoms with van der Waals surface area (Å²) in [4.78, 5) is 12.1. The molecule has 0 fully saturated rings. The number of amides is 1. The number of hydrogen-bond acceptors (Lipinski definition) is 5. The quantitative estimate of drug-likeness (QED) is 0.313. The molecule has 0 saturated heterocycles. The molecule has 0 unspecified atom stereocenters. The minimum absolute atomic E-state index is 0.141. The van der Waals surface area contributed by atoms with E-state index >= 15 is 0 Å². The summed E-state index contributed by atoms with van der Waals surface area (Å²) in [5.41, 5.74) is 2.48. The van der Waals surface area contributed by atoms with Crippen molar-refractivity contribution in [1.29, 1.82) is 0 Å². The molecular formula is C16H18BrN5OS. The van der Waals surface area contributed by atoms with Crippen molar-refractivity contribution >= 4 is 50.1 Å². The molecule has 0 aliphatic heterocycles. The maximum absolute atomic E-state index is 12.1. The van der Waals surface area contributed by atoms with E-state index in [0.717, 1.165) is 27.5 Å². The Morgan fingerprint density at radius 2 is 1.92 bits per heavy atom. The average molecular weight is 408 g/mol. The number of para-hydroxylation sites is 2. The molecule has 6 nitrogen and oxygen atoms in total. The first kappa shape index (κ1) is 18.3. The van der Waals surface area contributed by atoms with Gasteiger partial charge in [-0.05, 0) is 46.6 Å². The number of thioether (sulfide) groups is 1. The van der Waals surface area contributed by atoms with Crippen molar-refractivity contribution < 1.29 is 4.79 Å². The smallest absolute Gasteiger partial charge is 0.234 e. The molecule has 2 rings (SSSR count). The number of benzene rings is 2. The van der Waals surface area contributed by atoms with Gasteiger partial charge in [-0.1, -0.05) is 42.1 Å². The van der Waals surface area contributed by atoms with Crippen molar-refractivity contribution in [2.24, 2.45) is 16.8 Å². The van der Waals surface area contributed by atoms with Crippen molar-refractivity contribution in [2.45, 2.75) is 6.92 Å². The SMILES string of the molecule is Cc1ccccc1NC(=O)CS/C(=N/N)N(N)c1ccccc1Br. The van der Waals surface area contributed by atoms with E-state index in [1.807, 2.05) is 55.5 Å². The predicted octanol–water partition coefficient (Wildman–Crippen LogP) is 3.04. The summed E-state index contributed by atoms with van der Waals surface area (Å²) in [5, 5.41) is 8.22. The Labute approximate surface area is 153 Å². The third kappa shape index (κ3) is 4.73. The predicted molar refractivity (Wildman–Crippen MR) is 105 cm³/mol. The highest BCUT2D eigenvalue weighted by Crippen LogP contribution is 2.26. The van der Waals surface area contributed by atoms with Gasteiger partial charge < -0.3 is 11.2 Å². The van der Waals surface area contributed by atoms with Crippen LogP contribution in [0.25, 0.3) is 0 Å². The number of anilines is 2. The number of nitrogens with zero attached hydrogens (tertiary/aromatic N) is 2. The number of carbonyl (C=O) groups excluding carboxylic acids is 1. The summed E-state index contributed by atoms with van der Waals surface area (Å²) < 4.78 is 0.804. The number of nitrogens with one attached hydrogen (secondary N) is 1. The molecule has 0 radical (unpaired) electrons. The van der Waals surface area contributed by atoms with Gasteiger partial charge in [-0.3, -0.25) is 9.80 Å². The fourth-order valence-corrected chi connectivity index (χ4v) is 3.07. The lowest BCUT2D eigenvalue weighted by Gasteiger charge is -2.20. The molecule has 24 heavy (non-hydrogen) atoms. The Hall–Kier alpha value is -2.03. The van der Waals surface area contributed by atoms with E-state index in [9.17, 15) is 4.79 Å². The van der Waals surface area contributed by atoms with Gasteiger partial charge in [0.05, 0.1) is 11.4 Å². The van der Waals surface area contributed by atoms with Gasteiger partial charge in [0.2, 0.25) is 11.1 Å². The lowest BCUT2D eigenvalue weighted by Crippen LogP contribution is -2.37. The molecule has 1 amide bonds. The molecule has 0 aliphatic carbocycles. The van der Waals surface area contributed by atoms with Crippen LogP contribution >= 0.6 is 27.7 Å². The Morgan fingerprint density at radius 1 is 1.25 bits per heavy atom. The van der Waals surface area contributed by atoms with Crippen LogP contribution in [0.2, 0.25) is 0 Å². The summed E-state index contributed by atoms with van der Waals surface area (Å²) in [6, 6.07) is 15.0. The highest BCUT2D eigenvalue weighted by atomic mass is 79.9. The van der Waals surface area contributed by atoms with Crippen LogP contribution in [-0.4, -0.2) is 16.8 Å². The molecule has 2 aromatic rings. The first-order valence-corrected chi connectivity index (χ1v) is 8.86. The molecule has 0 spiro atoms. The minimum Gasteiger partial charge on any atom is -0.325 e. The van der Waals surface area contributed by atoms with Gasteiger partial charge in [0.25, 0.3) is 0 Å². The fraction of sp³-hybridized carbons (Fsp3) is 0.125. The highest BCUT2D eigenvalue weighted by Gasteiger charge is 2.15. The normalized spacial score (nSPS) is 11.2. The second kappa shape index (κ2) is 8.72. The Morgan fingerprint density at radius 3 is 2.58 bits per heavy atom. The lowest BCUT2D eigenvalue weighted by molar-refractivity contribution is -0.113. The van der Waals surface area contributed by atoms with Gasteiger partial charge in [-0.2, -0.15) is 5.10 Å². The van der Waals surface area contributed by atoms with Crippen LogP contribution in [0.4, 0.5) is 11.4 Å². The highest BCUT2D eigenvalue weighted by molar-refractivity contribution is 9.10. The monoisotopic (exact) mass is 407 g/mol. The van der Waals surface area contributed by atoms with Gasteiger partial charge in [-0.15, -0.1) is 0 Å². The van der Waals surface area contributed by atoms with E-state index in [0.29, 0.717) is 10.9 Å². The Bertz CT molecular complexity index is 753. The summed E-state index contributed by atoms with van der Waals surface area (Å²) in [6.07, 6.45) is 0. The van der Waals surface area contributed by atoms with Gasteiger partial charge >= 0.3 is 0 Å². The number of hydrazone groups is 1. The van der Waals surface area contributed by atoms with Gasteiger partial charge in [0.15, 0.2) is 0 Å². The molecule has 126 valence electrons. The van der Waals surface area contributed by atoms with Crippen molar-refractivity contribution in [2.75, 3.05) is 16.1 Å². The summed E-state index contributed by atoms with van der Waals surface area (Å²) in [5.74, 6) is 11.5. The zero-order chi connectivity index (χ0) is 17.5. The zero-order valence-corrected chi connectivity index (χ0v) is 15.5. The largest absolute Gasteiger partial charge is 0.325 e. The number of aryl methyl sites for hydroxylation is 1. The number of hydrazine groups is 1. The van der Waals surface area contributed by atoms with Crippen LogP contribution in [0.1, 0.15) is 5.56 Å². The molecule has 0 saturated carbocycles. The van der Waals surface area contributed by atoms with Gasteiger partial charge in [0, 0.05) is 10.2 Å². The van der Waals surface area contributed by atoms with Crippen LogP contribution in [-0.2, 0) is 4.79 Å². The molecule has 5 N–H and O–H groups in total. The molecule has 2 aromatic carbocycles. The van der Waals surface area contributed by atoms with Crippen molar-refractivity contribution in [3.05, 3.63) is 58.6 Å². The molecule has 8 heteroatoms. The van der Waals surface area contributed by atoms with Crippen molar-refractivity contribution in [3.63, 3.8) is 0 Å². The number of halogens is 1. The Balaban J connectivity index is 1.98. The first-order chi connectivity index (χ1) is 11.5. The standard InChI is InChI=1S/C16H18BrN5OS/c1-11-6-2-4-8-13(11)20-15(23)10-24-16(21-18)22(19)14-9-5-3-7-12(14)17/h2-9H,10,18-19H2,1H3,(H,20,23)/b21-16+. The molecule has 0 aliphatic rings. The second-order valence-corrected chi connectivity index (χ2v) is 6.68. The molecule has 0 heterocycles. The van der Waals surface area contributed by atoms with Crippen LogP contribution < -0.4 is 22.0 Å². The third-order valence-electron chi connectivity index (χ3n) is 3.18. The summed E-state index contributed by atoms with van der Waals surface area (Å²) >= 11 is 4.58. The van der Waals surface area contributed by atoms with E-state index in [1.165, 1.54) is 5.01 Å². The second-order valence-electron chi connectivity index (χ2n) is 4.88. The van der Waals surface area contributed by atoms with E-state index in [1.54, 1.807) is 0 Å². The summed E-state index contributed by atoms with van der Waals surface area (Å²) in [6.45, 7) is 1.93. The van der Waals surface area contributed by atoms with E-state index in [-0.39, 0.29) is 11.7 Å². The van der Waals surface area contributed by atoms with Crippen molar-refractivity contribution in [3.8, 4) is 0 Å². The number of nitrogens with two attached hydrogens (primary N) is 2. The van der Waals surface area contributed by atoms with Gasteiger partial charge in [-0.25, -0.2) is 5.84 Å². The van der Waals surface area contributed by atoms with Crippen LogP contribution in [0, 0.1) is 6.92 Å². The van der Waals surface area contributed by atoms with E-state index in [2.05, 4.69) is 26.3 Å².